The second-order valence-corrected chi connectivity index (χ2v) is 2.94. The number of hydrogen-bond acceptors (Lipinski definition) is 1. The average molecular weight is 182 g/mol. The lowest BCUT2D eigenvalue weighted by Gasteiger charge is -2.19. The summed E-state index contributed by atoms with van der Waals surface area (Å²) < 4.78 is 18.6. The summed E-state index contributed by atoms with van der Waals surface area (Å²) in [6.45, 7) is 4.32. The van der Waals surface area contributed by atoms with Crippen LogP contribution < -0.4 is 0 Å². The molecule has 0 radical (unpaired) electrons. The summed E-state index contributed by atoms with van der Waals surface area (Å²) in [5, 5.41) is 0. The van der Waals surface area contributed by atoms with Gasteiger partial charge in [-0.1, -0.05) is 12.2 Å². The molecule has 0 N–H and O–H groups in total. The summed E-state index contributed by atoms with van der Waals surface area (Å²) in [7, 11) is 0. The lowest BCUT2D eigenvalue weighted by molar-refractivity contribution is 0.185. The Morgan fingerprint density at radius 3 is 2.85 bits per heavy atom. The van der Waals surface area contributed by atoms with Crippen molar-refractivity contribution in [1.29, 1.82) is 0 Å². The van der Waals surface area contributed by atoms with E-state index in [2.05, 4.69) is 0 Å². The van der Waals surface area contributed by atoms with E-state index in [4.69, 9.17) is 4.74 Å². The molecule has 1 rings (SSSR count). The van der Waals surface area contributed by atoms with Crippen LogP contribution >= 0.6 is 0 Å². The van der Waals surface area contributed by atoms with Crippen LogP contribution in [0.4, 0.5) is 4.39 Å². The first-order chi connectivity index (χ1) is 6.29. The van der Waals surface area contributed by atoms with Gasteiger partial charge in [-0.25, -0.2) is 4.39 Å². The van der Waals surface area contributed by atoms with Crippen molar-refractivity contribution < 1.29 is 9.13 Å². The maximum atomic E-state index is 13.4. The fourth-order valence-corrected chi connectivity index (χ4v) is 1.36. The van der Waals surface area contributed by atoms with E-state index < -0.39 is 0 Å². The van der Waals surface area contributed by atoms with E-state index in [9.17, 15) is 4.39 Å². The maximum Gasteiger partial charge on any atom is 0.165 e. The summed E-state index contributed by atoms with van der Waals surface area (Å²) in [5.41, 5.74) is 0.974. The van der Waals surface area contributed by atoms with Gasteiger partial charge in [0.25, 0.3) is 0 Å². The van der Waals surface area contributed by atoms with E-state index in [-0.39, 0.29) is 5.83 Å². The molecule has 0 aliphatic carbocycles. The van der Waals surface area contributed by atoms with Gasteiger partial charge in [-0.05, 0) is 38.3 Å². The minimum absolute atomic E-state index is 0.268. The first-order valence-corrected chi connectivity index (χ1v) is 4.60. The lowest BCUT2D eigenvalue weighted by atomic mass is 10.1. The van der Waals surface area contributed by atoms with E-state index in [0.29, 0.717) is 12.4 Å². The molecule has 0 aromatic carbocycles. The molecule has 13 heavy (non-hydrogen) atoms. The van der Waals surface area contributed by atoms with Gasteiger partial charge in [-0.3, -0.25) is 0 Å². The van der Waals surface area contributed by atoms with Crippen LogP contribution in [-0.2, 0) is 4.74 Å². The van der Waals surface area contributed by atoms with Gasteiger partial charge in [-0.15, -0.1) is 0 Å². The Labute approximate surface area is 78.6 Å². The average Bonchev–Trinajstić information content (AvgIpc) is 2.18. The van der Waals surface area contributed by atoms with Crippen molar-refractivity contribution in [1.82, 2.24) is 0 Å². The van der Waals surface area contributed by atoms with Crippen LogP contribution in [0.1, 0.15) is 26.7 Å². The standard InChI is InChI=1S/C11H15FO/c1-3-6-10(12)11-9(4-2)7-5-8-13-11/h3-4,6H,5,7-8H2,1-2H3/b6-3+,9-4+,11-10-. The molecular weight excluding hydrogens is 167 g/mol. The number of allylic oxidation sites excluding steroid dienone is 5. The summed E-state index contributed by atoms with van der Waals surface area (Å²) in [5.74, 6) is 0.155. The molecule has 1 nitrogen and oxygen atoms in total. The van der Waals surface area contributed by atoms with Gasteiger partial charge in [0.05, 0.1) is 6.61 Å². The Balaban J connectivity index is 2.92. The van der Waals surface area contributed by atoms with Gasteiger partial charge >= 0.3 is 0 Å². The van der Waals surface area contributed by atoms with Gasteiger partial charge < -0.3 is 4.74 Å². The van der Waals surface area contributed by atoms with Crippen LogP contribution in [0.15, 0.2) is 35.4 Å². The molecule has 0 amide bonds. The van der Waals surface area contributed by atoms with Crippen LogP contribution in [0.5, 0.6) is 0 Å². The molecule has 0 bridgehead atoms. The largest absolute Gasteiger partial charge is 0.490 e. The van der Waals surface area contributed by atoms with Crippen molar-refractivity contribution in [3.63, 3.8) is 0 Å². The highest BCUT2D eigenvalue weighted by atomic mass is 19.1. The van der Waals surface area contributed by atoms with Gasteiger partial charge in [-0.2, -0.15) is 0 Å². The first-order valence-electron chi connectivity index (χ1n) is 4.60. The number of rotatable bonds is 1. The third-order valence-corrected chi connectivity index (χ3v) is 2.01. The zero-order chi connectivity index (χ0) is 9.68. The van der Waals surface area contributed by atoms with Crippen molar-refractivity contribution in [2.75, 3.05) is 6.61 Å². The molecule has 0 spiro atoms. The fraction of sp³-hybridized carbons (Fsp3) is 0.455. The van der Waals surface area contributed by atoms with Gasteiger partial charge in [0.1, 0.15) is 0 Å². The number of halogens is 1. The second-order valence-electron chi connectivity index (χ2n) is 2.94. The van der Waals surface area contributed by atoms with Crippen LogP contribution in [0, 0.1) is 0 Å². The van der Waals surface area contributed by atoms with Crippen LogP contribution in [0.25, 0.3) is 0 Å². The predicted octanol–water partition coefficient (Wildman–Crippen LogP) is 3.50. The molecule has 0 saturated carbocycles. The van der Waals surface area contributed by atoms with Crippen LogP contribution in [-0.4, -0.2) is 6.61 Å². The molecule has 2 heteroatoms. The second kappa shape index (κ2) is 4.85. The SMILES string of the molecule is C/C=C/C(F)=C1/OCCC/C1=C\C. The number of hydrogen-bond donors (Lipinski definition) is 0. The van der Waals surface area contributed by atoms with Crippen molar-refractivity contribution >= 4 is 0 Å². The van der Waals surface area contributed by atoms with Crippen molar-refractivity contribution in [2.45, 2.75) is 26.7 Å². The van der Waals surface area contributed by atoms with Crippen LogP contribution in [0.3, 0.4) is 0 Å². The van der Waals surface area contributed by atoms with E-state index >= 15 is 0 Å². The number of ether oxygens (including phenoxy) is 1. The summed E-state index contributed by atoms with van der Waals surface area (Å²) in [6.07, 6.45) is 6.92. The zero-order valence-electron chi connectivity index (χ0n) is 8.14. The topological polar surface area (TPSA) is 9.23 Å². The zero-order valence-corrected chi connectivity index (χ0v) is 8.14. The highest BCUT2D eigenvalue weighted by Crippen LogP contribution is 2.27. The lowest BCUT2D eigenvalue weighted by Crippen LogP contribution is -2.07. The maximum absolute atomic E-state index is 13.4. The Kier molecular flexibility index (Phi) is 3.74. The van der Waals surface area contributed by atoms with E-state index in [1.54, 1.807) is 13.0 Å². The van der Waals surface area contributed by atoms with Crippen molar-refractivity contribution in [3.8, 4) is 0 Å². The molecule has 1 aliphatic rings. The minimum Gasteiger partial charge on any atom is -0.490 e. The molecule has 0 unspecified atom stereocenters. The molecule has 1 saturated heterocycles. The smallest absolute Gasteiger partial charge is 0.165 e. The molecule has 1 fully saturated rings. The molecule has 1 aliphatic heterocycles. The molecule has 72 valence electrons. The Morgan fingerprint density at radius 2 is 2.23 bits per heavy atom. The van der Waals surface area contributed by atoms with Crippen molar-refractivity contribution in [3.05, 3.63) is 35.4 Å². The Morgan fingerprint density at radius 1 is 1.46 bits per heavy atom. The Hall–Kier alpha value is -1.05. The first kappa shape index (κ1) is 10.0. The Bertz CT molecular complexity index is 261. The summed E-state index contributed by atoms with van der Waals surface area (Å²) in [4.78, 5) is 0. The third kappa shape index (κ3) is 2.44. The van der Waals surface area contributed by atoms with Crippen LogP contribution in [0.2, 0.25) is 0 Å². The quantitative estimate of drug-likeness (QED) is 0.603. The molecule has 0 aromatic rings. The highest BCUT2D eigenvalue weighted by Gasteiger charge is 2.15. The summed E-state index contributed by atoms with van der Waals surface area (Å²) in [6, 6.07) is 0. The van der Waals surface area contributed by atoms with E-state index in [1.165, 1.54) is 6.08 Å². The predicted molar refractivity (Wildman–Crippen MR) is 51.9 cm³/mol. The van der Waals surface area contributed by atoms with Gasteiger partial charge in [0.15, 0.2) is 11.6 Å². The van der Waals surface area contributed by atoms with Crippen molar-refractivity contribution in [2.24, 2.45) is 0 Å². The highest BCUT2D eigenvalue weighted by molar-refractivity contribution is 5.33. The summed E-state index contributed by atoms with van der Waals surface area (Å²) >= 11 is 0. The fourth-order valence-electron chi connectivity index (χ4n) is 1.36. The third-order valence-electron chi connectivity index (χ3n) is 2.01. The molecule has 0 aromatic heterocycles. The molecule has 0 atom stereocenters. The van der Waals surface area contributed by atoms with Gasteiger partial charge in [0, 0.05) is 0 Å². The van der Waals surface area contributed by atoms with Gasteiger partial charge in [0.2, 0.25) is 0 Å². The van der Waals surface area contributed by atoms with E-state index in [0.717, 1.165) is 18.4 Å². The molecular formula is C11H15FO. The van der Waals surface area contributed by atoms with E-state index in [1.807, 2.05) is 13.0 Å². The molecule has 1 heterocycles. The normalized spacial score (nSPS) is 25.0. The minimum atomic E-state index is -0.268. The monoisotopic (exact) mass is 182 g/mol.